The molecular weight excluding hydrogens is 291 g/mol. The Balaban J connectivity index is 2.06. The van der Waals surface area contributed by atoms with Gasteiger partial charge in [0.1, 0.15) is 0 Å². The number of nitrogen functional groups attached to an aromatic ring is 1. The van der Waals surface area contributed by atoms with E-state index in [9.17, 15) is 0 Å². The standard InChI is InChI=1S/C16H18Cl2N2/c1-2-20(10-12-3-5-16(19)6-4-12)11-13-7-14(17)9-15(18)8-13/h3-9H,2,10-11,19H2,1H3. The molecule has 2 aromatic rings. The van der Waals surface area contributed by atoms with Crippen LogP contribution in [0.4, 0.5) is 5.69 Å². The Bertz CT molecular complexity index is 547. The first-order chi connectivity index (χ1) is 9.56. The molecule has 0 heterocycles. The zero-order valence-corrected chi connectivity index (χ0v) is 13.0. The molecule has 2 N–H and O–H groups in total. The zero-order valence-electron chi connectivity index (χ0n) is 11.4. The van der Waals surface area contributed by atoms with Gasteiger partial charge >= 0.3 is 0 Å². The molecule has 0 unspecified atom stereocenters. The SMILES string of the molecule is CCN(Cc1ccc(N)cc1)Cc1cc(Cl)cc(Cl)c1. The lowest BCUT2D eigenvalue weighted by molar-refractivity contribution is 0.271. The molecule has 0 aliphatic rings. The summed E-state index contributed by atoms with van der Waals surface area (Å²) in [5.41, 5.74) is 8.86. The van der Waals surface area contributed by atoms with Gasteiger partial charge in [0.15, 0.2) is 0 Å². The number of halogens is 2. The second-order valence-electron chi connectivity index (χ2n) is 4.82. The lowest BCUT2D eigenvalue weighted by atomic mass is 10.1. The Kier molecular flexibility index (Phi) is 5.30. The summed E-state index contributed by atoms with van der Waals surface area (Å²) >= 11 is 12.1. The van der Waals surface area contributed by atoms with Crippen molar-refractivity contribution in [3.8, 4) is 0 Å². The van der Waals surface area contributed by atoms with Gasteiger partial charge in [-0.05, 0) is 48.0 Å². The molecule has 0 spiro atoms. The monoisotopic (exact) mass is 308 g/mol. The Morgan fingerprint density at radius 1 is 0.900 bits per heavy atom. The maximum atomic E-state index is 6.04. The van der Waals surface area contributed by atoms with Crippen LogP contribution in [-0.4, -0.2) is 11.4 Å². The number of nitrogens with two attached hydrogens (primary N) is 1. The predicted octanol–water partition coefficient (Wildman–Crippen LogP) is 4.60. The van der Waals surface area contributed by atoms with Gasteiger partial charge in [-0.3, -0.25) is 4.90 Å². The number of hydrogen-bond acceptors (Lipinski definition) is 2. The summed E-state index contributed by atoms with van der Waals surface area (Å²) in [6.07, 6.45) is 0. The molecule has 0 atom stereocenters. The highest BCUT2D eigenvalue weighted by Crippen LogP contribution is 2.21. The average molecular weight is 309 g/mol. The fourth-order valence-electron chi connectivity index (χ4n) is 2.12. The van der Waals surface area contributed by atoms with Crippen LogP contribution in [0.3, 0.4) is 0 Å². The van der Waals surface area contributed by atoms with E-state index in [-0.39, 0.29) is 0 Å². The Hall–Kier alpha value is -1.22. The van der Waals surface area contributed by atoms with E-state index >= 15 is 0 Å². The third-order valence-electron chi connectivity index (χ3n) is 3.16. The van der Waals surface area contributed by atoms with E-state index in [1.54, 1.807) is 6.07 Å². The van der Waals surface area contributed by atoms with Crippen molar-refractivity contribution in [2.24, 2.45) is 0 Å². The Labute approximate surface area is 130 Å². The maximum Gasteiger partial charge on any atom is 0.0424 e. The lowest BCUT2D eigenvalue weighted by Gasteiger charge is -2.21. The van der Waals surface area contributed by atoms with E-state index < -0.39 is 0 Å². The minimum Gasteiger partial charge on any atom is -0.399 e. The minimum absolute atomic E-state index is 0.677. The quantitative estimate of drug-likeness (QED) is 0.818. The smallest absolute Gasteiger partial charge is 0.0424 e. The number of nitrogens with zero attached hydrogens (tertiary/aromatic N) is 1. The fourth-order valence-corrected chi connectivity index (χ4v) is 2.69. The summed E-state index contributed by atoms with van der Waals surface area (Å²) in [6, 6.07) is 13.6. The Morgan fingerprint density at radius 3 is 2.00 bits per heavy atom. The number of hydrogen-bond donors (Lipinski definition) is 1. The van der Waals surface area contributed by atoms with Crippen LogP contribution >= 0.6 is 23.2 Å². The largest absolute Gasteiger partial charge is 0.399 e. The summed E-state index contributed by atoms with van der Waals surface area (Å²) in [4.78, 5) is 2.33. The van der Waals surface area contributed by atoms with Gasteiger partial charge in [0.05, 0.1) is 0 Å². The molecule has 0 aliphatic carbocycles. The molecule has 2 nitrogen and oxygen atoms in total. The van der Waals surface area contributed by atoms with Crippen molar-refractivity contribution in [3.05, 3.63) is 63.6 Å². The van der Waals surface area contributed by atoms with E-state index in [0.717, 1.165) is 30.9 Å². The van der Waals surface area contributed by atoms with Gasteiger partial charge in [-0.2, -0.15) is 0 Å². The molecule has 106 valence electrons. The minimum atomic E-state index is 0.677. The molecule has 0 radical (unpaired) electrons. The number of rotatable bonds is 5. The first-order valence-corrected chi connectivity index (χ1v) is 7.34. The molecule has 0 saturated carbocycles. The molecule has 20 heavy (non-hydrogen) atoms. The van der Waals surface area contributed by atoms with Crippen LogP contribution in [0.1, 0.15) is 18.1 Å². The molecule has 0 aliphatic heterocycles. The summed E-state index contributed by atoms with van der Waals surface area (Å²) in [7, 11) is 0. The molecule has 0 amide bonds. The van der Waals surface area contributed by atoms with Gasteiger partial charge in [-0.25, -0.2) is 0 Å². The Morgan fingerprint density at radius 2 is 1.45 bits per heavy atom. The van der Waals surface area contributed by atoms with Crippen LogP contribution in [0.15, 0.2) is 42.5 Å². The first kappa shape index (κ1) is 15.2. The van der Waals surface area contributed by atoms with Crippen LogP contribution in [0.25, 0.3) is 0 Å². The van der Waals surface area contributed by atoms with Crippen molar-refractivity contribution in [2.45, 2.75) is 20.0 Å². The van der Waals surface area contributed by atoms with E-state index in [1.165, 1.54) is 5.56 Å². The molecule has 4 heteroatoms. The second-order valence-corrected chi connectivity index (χ2v) is 5.70. The molecule has 0 aromatic heterocycles. The number of anilines is 1. The van der Waals surface area contributed by atoms with E-state index in [0.29, 0.717) is 10.0 Å². The van der Waals surface area contributed by atoms with Gasteiger partial charge < -0.3 is 5.73 Å². The molecule has 0 saturated heterocycles. The zero-order chi connectivity index (χ0) is 14.5. The van der Waals surface area contributed by atoms with Crippen molar-refractivity contribution in [1.82, 2.24) is 4.90 Å². The van der Waals surface area contributed by atoms with Crippen LogP contribution in [0.5, 0.6) is 0 Å². The lowest BCUT2D eigenvalue weighted by Crippen LogP contribution is -2.22. The first-order valence-electron chi connectivity index (χ1n) is 6.58. The van der Waals surface area contributed by atoms with Gasteiger partial charge in [-0.1, -0.05) is 42.3 Å². The summed E-state index contributed by atoms with van der Waals surface area (Å²) in [6.45, 7) is 4.79. The van der Waals surface area contributed by atoms with Crippen molar-refractivity contribution < 1.29 is 0 Å². The topological polar surface area (TPSA) is 29.3 Å². The van der Waals surface area contributed by atoms with Gasteiger partial charge in [0.25, 0.3) is 0 Å². The van der Waals surface area contributed by atoms with E-state index in [4.69, 9.17) is 28.9 Å². The average Bonchev–Trinajstić information content (AvgIpc) is 2.39. The highest BCUT2D eigenvalue weighted by atomic mass is 35.5. The van der Waals surface area contributed by atoms with Crippen molar-refractivity contribution in [2.75, 3.05) is 12.3 Å². The summed E-state index contributed by atoms with van der Waals surface area (Å²) in [5.74, 6) is 0. The number of benzene rings is 2. The molecule has 0 fully saturated rings. The van der Waals surface area contributed by atoms with Crippen molar-refractivity contribution in [1.29, 1.82) is 0 Å². The normalized spacial score (nSPS) is 11.0. The van der Waals surface area contributed by atoms with Crippen LogP contribution in [0.2, 0.25) is 10.0 Å². The third-order valence-corrected chi connectivity index (χ3v) is 3.60. The third kappa shape index (κ3) is 4.41. The summed E-state index contributed by atoms with van der Waals surface area (Å²) < 4.78 is 0. The van der Waals surface area contributed by atoms with Crippen LogP contribution < -0.4 is 5.73 Å². The van der Waals surface area contributed by atoms with Gasteiger partial charge in [0.2, 0.25) is 0 Å². The molecule has 2 aromatic carbocycles. The highest BCUT2D eigenvalue weighted by molar-refractivity contribution is 6.34. The summed E-state index contributed by atoms with van der Waals surface area (Å²) in [5, 5.41) is 1.35. The maximum absolute atomic E-state index is 6.04. The molecule has 0 bridgehead atoms. The molecular formula is C16H18Cl2N2. The van der Waals surface area contributed by atoms with Gasteiger partial charge in [0, 0.05) is 28.8 Å². The fraction of sp³-hybridized carbons (Fsp3) is 0.250. The van der Waals surface area contributed by atoms with Crippen molar-refractivity contribution in [3.63, 3.8) is 0 Å². The predicted molar refractivity (Wildman–Crippen MR) is 87.1 cm³/mol. The van der Waals surface area contributed by atoms with Crippen LogP contribution in [-0.2, 0) is 13.1 Å². The van der Waals surface area contributed by atoms with E-state index in [2.05, 4.69) is 24.0 Å². The van der Waals surface area contributed by atoms with E-state index in [1.807, 2.05) is 24.3 Å². The van der Waals surface area contributed by atoms with Crippen LogP contribution in [0, 0.1) is 0 Å². The van der Waals surface area contributed by atoms with Gasteiger partial charge in [-0.15, -0.1) is 0 Å². The second kappa shape index (κ2) is 6.98. The molecule has 2 rings (SSSR count). The highest BCUT2D eigenvalue weighted by Gasteiger charge is 2.06. The van der Waals surface area contributed by atoms with Crippen molar-refractivity contribution >= 4 is 28.9 Å².